The first-order chi connectivity index (χ1) is 12.1. The molecule has 0 aliphatic carbocycles. The van der Waals surface area contributed by atoms with Gasteiger partial charge >= 0.3 is 0 Å². The van der Waals surface area contributed by atoms with E-state index in [4.69, 9.17) is 19.4 Å². The summed E-state index contributed by atoms with van der Waals surface area (Å²) >= 11 is 0. The first-order valence-electron chi connectivity index (χ1n) is 8.08. The fourth-order valence-corrected chi connectivity index (χ4v) is 3.25. The Morgan fingerprint density at radius 2 is 2.32 bits per heavy atom. The van der Waals surface area contributed by atoms with E-state index in [1.807, 2.05) is 24.3 Å². The number of primary amides is 1. The molecule has 8 nitrogen and oxygen atoms in total. The Labute approximate surface area is 143 Å². The zero-order valence-corrected chi connectivity index (χ0v) is 13.8. The molecule has 0 radical (unpaired) electrons. The molecule has 3 aromatic rings. The van der Waals surface area contributed by atoms with Gasteiger partial charge in [-0.1, -0.05) is 5.16 Å². The van der Waals surface area contributed by atoms with Crippen molar-refractivity contribution in [3.63, 3.8) is 0 Å². The van der Waals surface area contributed by atoms with Crippen LogP contribution in [0.1, 0.15) is 41.2 Å². The fraction of sp³-hybridized carbons (Fsp3) is 0.353. The van der Waals surface area contributed by atoms with Crippen LogP contribution in [0, 0.1) is 0 Å². The molecule has 3 heterocycles. The topological polar surface area (TPSA) is 108 Å². The Bertz CT molecular complexity index is 916. The molecule has 0 bridgehead atoms. The normalized spacial score (nSPS) is 18.0. The van der Waals surface area contributed by atoms with Crippen molar-refractivity contribution >= 4 is 16.9 Å². The standard InChI is InChI=1S/C17H18N4O4/c1-23-11-4-5-14-10(7-11)8-12(24-14)9-21-6-2-3-13(21)17-19-16(15(18)22)20-25-17/h4-5,7-8,13H,2-3,6,9H2,1H3,(H2,18,22). The first kappa shape index (κ1) is 15.6. The van der Waals surface area contributed by atoms with Crippen molar-refractivity contribution in [1.82, 2.24) is 15.0 Å². The largest absolute Gasteiger partial charge is 0.497 e. The van der Waals surface area contributed by atoms with E-state index in [1.165, 1.54) is 0 Å². The Morgan fingerprint density at radius 1 is 1.44 bits per heavy atom. The number of carbonyl (C=O) groups is 1. The highest BCUT2D eigenvalue weighted by Crippen LogP contribution is 2.33. The first-order valence-corrected chi connectivity index (χ1v) is 8.08. The van der Waals surface area contributed by atoms with Crippen LogP contribution in [0.3, 0.4) is 0 Å². The lowest BCUT2D eigenvalue weighted by Crippen LogP contribution is -2.23. The van der Waals surface area contributed by atoms with Crippen molar-refractivity contribution in [2.45, 2.75) is 25.4 Å². The second kappa shape index (κ2) is 6.21. The molecule has 2 aromatic heterocycles. The molecule has 0 spiro atoms. The SMILES string of the molecule is COc1ccc2oc(CN3CCCC3c3nc(C(N)=O)no3)cc2c1. The van der Waals surface area contributed by atoms with Gasteiger partial charge in [0.05, 0.1) is 19.7 Å². The van der Waals surface area contributed by atoms with Crippen LogP contribution in [-0.4, -0.2) is 34.6 Å². The van der Waals surface area contributed by atoms with E-state index >= 15 is 0 Å². The van der Waals surface area contributed by atoms with Gasteiger partial charge in [-0.25, -0.2) is 0 Å². The second-order valence-corrected chi connectivity index (χ2v) is 6.07. The lowest BCUT2D eigenvalue weighted by Gasteiger charge is -2.19. The minimum absolute atomic E-state index is 0.0386. The summed E-state index contributed by atoms with van der Waals surface area (Å²) in [7, 11) is 1.64. The number of rotatable bonds is 5. The summed E-state index contributed by atoms with van der Waals surface area (Å²) < 4.78 is 16.4. The molecule has 4 rings (SSSR count). The van der Waals surface area contributed by atoms with Crippen molar-refractivity contribution < 1.29 is 18.5 Å². The predicted molar refractivity (Wildman–Crippen MR) is 88.0 cm³/mol. The monoisotopic (exact) mass is 342 g/mol. The molecule has 1 aliphatic heterocycles. The van der Waals surface area contributed by atoms with E-state index in [9.17, 15) is 4.79 Å². The van der Waals surface area contributed by atoms with Crippen molar-refractivity contribution in [3.05, 3.63) is 41.7 Å². The number of fused-ring (bicyclic) bond motifs is 1. The average Bonchev–Trinajstić information content (AvgIpc) is 3.32. The lowest BCUT2D eigenvalue weighted by molar-refractivity contribution is 0.0987. The third kappa shape index (κ3) is 2.96. The summed E-state index contributed by atoms with van der Waals surface area (Å²) in [6, 6.07) is 7.69. The van der Waals surface area contributed by atoms with Gasteiger partial charge in [0.25, 0.3) is 11.7 Å². The van der Waals surface area contributed by atoms with Crippen molar-refractivity contribution in [2.24, 2.45) is 5.73 Å². The highest BCUT2D eigenvalue weighted by Gasteiger charge is 2.31. The number of furan rings is 1. The molecule has 1 unspecified atom stereocenters. The summed E-state index contributed by atoms with van der Waals surface area (Å²) in [6.45, 7) is 1.51. The Hall–Kier alpha value is -2.87. The smallest absolute Gasteiger partial charge is 0.290 e. The van der Waals surface area contributed by atoms with Gasteiger partial charge in [0.15, 0.2) is 0 Å². The van der Waals surface area contributed by atoms with Gasteiger partial charge in [-0.3, -0.25) is 9.69 Å². The van der Waals surface area contributed by atoms with Crippen LogP contribution >= 0.6 is 0 Å². The van der Waals surface area contributed by atoms with E-state index < -0.39 is 5.91 Å². The molecule has 1 fully saturated rings. The van der Waals surface area contributed by atoms with Gasteiger partial charge < -0.3 is 19.4 Å². The number of carbonyl (C=O) groups excluding carboxylic acids is 1. The number of nitrogens with two attached hydrogens (primary N) is 1. The molecule has 8 heteroatoms. The number of benzene rings is 1. The number of likely N-dealkylation sites (tertiary alicyclic amines) is 1. The zero-order valence-electron chi connectivity index (χ0n) is 13.8. The summed E-state index contributed by atoms with van der Waals surface area (Å²) in [5.41, 5.74) is 6.01. The Balaban J connectivity index is 1.55. The van der Waals surface area contributed by atoms with Gasteiger partial charge in [0, 0.05) is 5.39 Å². The number of hydrogen-bond donors (Lipinski definition) is 1. The lowest BCUT2D eigenvalue weighted by atomic mass is 10.2. The number of hydrogen-bond acceptors (Lipinski definition) is 7. The van der Waals surface area contributed by atoms with Crippen molar-refractivity contribution in [3.8, 4) is 5.75 Å². The van der Waals surface area contributed by atoms with Gasteiger partial charge in [0.1, 0.15) is 17.1 Å². The van der Waals surface area contributed by atoms with Crippen molar-refractivity contribution in [1.29, 1.82) is 0 Å². The summed E-state index contributed by atoms with van der Waals surface area (Å²) in [5.74, 6) is 1.29. The molecule has 25 heavy (non-hydrogen) atoms. The fourth-order valence-electron chi connectivity index (χ4n) is 3.25. The van der Waals surface area contributed by atoms with Gasteiger partial charge in [-0.05, 0) is 43.7 Å². The molecule has 130 valence electrons. The molecule has 1 aromatic carbocycles. The number of amides is 1. The second-order valence-electron chi connectivity index (χ2n) is 6.07. The van der Waals surface area contributed by atoms with E-state index in [2.05, 4.69) is 15.0 Å². The number of nitrogens with zero attached hydrogens (tertiary/aromatic N) is 3. The van der Waals surface area contributed by atoms with E-state index in [0.717, 1.165) is 41.9 Å². The van der Waals surface area contributed by atoms with Gasteiger partial charge in [0.2, 0.25) is 5.89 Å². The molecule has 1 saturated heterocycles. The quantitative estimate of drug-likeness (QED) is 0.757. The highest BCUT2D eigenvalue weighted by atomic mass is 16.5. The molecule has 1 amide bonds. The van der Waals surface area contributed by atoms with E-state index in [0.29, 0.717) is 12.4 Å². The van der Waals surface area contributed by atoms with Crippen LogP contribution in [0.5, 0.6) is 5.75 Å². The van der Waals surface area contributed by atoms with Crippen LogP contribution in [0.25, 0.3) is 11.0 Å². The molecule has 1 atom stereocenters. The molecule has 1 aliphatic rings. The third-order valence-corrected chi connectivity index (χ3v) is 4.44. The summed E-state index contributed by atoms with van der Waals surface area (Å²) in [5, 5.41) is 4.63. The summed E-state index contributed by atoms with van der Waals surface area (Å²) in [6.07, 6.45) is 1.89. The Kier molecular flexibility index (Phi) is 3.89. The van der Waals surface area contributed by atoms with Crippen LogP contribution in [0.15, 0.2) is 33.2 Å². The molecular formula is C17H18N4O4. The number of ether oxygens (including phenoxy) is 1. The Morgan fingerprint density at radius 3 is 3.08 bits per heavy atom. The molecule has 0 saturated carbocycles. The molecule has 2 N–H and O–H groups in total. The van der Waals surface area contributed by atoms with Gasteiger partial charge in [-0.15, -0.1) is 0 Å². The number of aromatic nitrogens is 2. The van der Waals surface area contributed by atoms with Crippen molar-refractivity contribution in [2.75, 3.05) is 13.7 Å². The minimum atomic E-state index is -0.689. The van der Waals surface area contributed by atoms with Crippen LogP contribution < -0.4 is 10.5 Å². The predicted octanol–water partition coefficient (Wildman–Crippen LogP) is 2.26. The highest BCUT2D eigenvalue weighted by molar-refractivity contribution is 5.88. The number of methoxy groups -OCH3 is 1. The summed E-state index contributed by atoms with van der Waals surface area (Å²) in [4.78, 5) is 17.5. The third-order valence-electron chi connectivity index (χ3n) is 4.44. The minimum Gasteiger partial charge on any atom is -0.497 e. The molecular weight excluding hydrogens is 324 g/mol. The van der Waals surface area contributed by atoms with Crippen LogP contribution in [-0.2, 0) is 6.54 Å². The maximum absolute atomic E-state index is 11.2. The zero-order chi connectivity index (χ0) is 17.4. The van der Waals surface area contributed by atoms with E-state index in [1.54, 1.807) is 7.11 Å². The van der Waals surface area contributed by atoms with Crippen LogP contribution in [0.2, 0.25) is 0 Å². The van der Waals surface area contributed by atoms with Gasteiger partial charge in [-0.2, -0.15) is 4.98 Å². The average molecular weight is 342 g/mol. The maximum atomic E-state index is 11.2. The maximum Gasteiger partial charge on any atom is 0.290 e. The van der Waals surface area contributed by atoms with E-state index in [-0.39, 0.29) is 11.9 Å². The van der Waals surface area contributed by atoms with Crippen LogP contribution in [0.4, 0.5) is 0 Å².